The van der Waals surface area contributed by atoms with Gasteiger partial charge in [-0.3, -0.25) is 9.59 Å². The number of carbonyl (C=O) groups excluding carboxylic acids is 1. The lowest BCUT2D eigenvalue weighted by molar-refractivity contribution is -0.138. The van der Waals surface area contributed by atoms with Gasteiger partial charge in [-0.05, 0) is 18.9 Å². The number of hydrogen-bond donors (Lipinski definition) is 3. The van der Waals surface area contributed by atoms with Crippen molar-refractivity contribution < 1.29 is 14.7 Å². The van der Waals surface area contributed by atoms with Crippen molar-refractivity contribution in [2.45, 2.75) is 26.7 Å². The lowest BCUT2D eigenvalue weighted by Gasteiger charge is -2.13. The molecule has 0 aliphatic heterocycles. The standard InChI is InChI=1S/C10H20N2O3/c1-7(5-9(13)14)6-12-10(15)8(2)3-4-11/h7-8H,3-6,11H2,1-2H3,(H,12,15)(H,13,14). The van der Waals surface area contributed by atoms with Gasteiger partial charge in [0, 0.05) is 18.9 Å². The second-order valence-electron chi connectivity index (χ2n) is 3.93. The Labute approximate surface area is 90.0 Å². The Morgan fingerprint density at radius 1 is 1.40 bits per heavy atom. The van der Waals surface area contributed by atoms with E-state index in [2.05, 4.69) is 5.32 Å². The minimum absolute atomic E-state index is 0.0449. The van der Waals surface area contributed by atoms with Crippen molar-refractivity contribution in [3.8, 4) is 0 Å². The fraction of sp³-hybridized carbons (Fsp3) is 0.800. The number of carboxylic acids is 1. The molecule has 0 bridgehead atoms. The van der Waals surface area contributed by atoms with Crippen molar-refractivity contribution in [2.75, 3.05) is 13.1 Å². The number of amides is 1. The Balaban J connectivity index is 3.74. The summed E-state index contributed by atoms with van der Waals surface area (Å²) in [7, 11) is 0. The zero-order chi connectivity index (χ0) is 11.8. The Bertz CT molecular complexity index is 219. The molecular formula is C10H20N2O3. The average Bonchev–Trinajstić information content (AvgIpc) is 2.13. The molecule has 0 rings (SSSR count). The minimum Gasteiger partial charge on any atom is -0.481 e. The summed E-state index contributed by atoms with van der Waals surface area (Å²) in [6.07, 6.45) is 0.727. The van der Waals surface area contributed by atoms with E-state index in [9.17, 15) is 9.59 Å². The van der Waals surface area contributed by atoms with Gasteiger partial charge < -0.3 is 16.2 Å². The fourth-order valence-electron chi connectivity index (χ4n) is 1.20. The van der Waals surface area contributed by atoms with Crippen LogP contribution in [0.1, 0.15) is 26.7 Å². The van der Waals surface area contributed by atoms with E-state index in [0.717, 1.165) is 0 Å². The number of hydrogen-bond acceptors (Lipinski definition) is 3. The summed E-state index contributed by atoms with van der Waals surface area (Å²) < 4.78 is 0. The maximum atomic E-state index is 11.4. The molecule has 0 aromatic carbocycles. The normalized spacial score (nSPS) is 14.3. The maximum absolute atomic E-state index is 11.4. The lowest BCUT2D eigenvalue weighted by Crippen LogP contribution is -2.34. The Hall–Kier alpha value is -1.10. The quantitative estimate of drug-likeness (QED) is 0.566. The molecule has 5 heteroatoms. The lowest BCUT2D eigenvalue weighted by atomic mass is 10.1. The molecule has 2 unspecified atom stereocenters. The molecule has 0 aliphatic carbocycles. The molecule has 0 saturated carbocycles. The van der Waals surface area contributed by atoms with E-state index in [1.165, 1.54) is 0 Å². The molecule has 0 fully saturated rings. The zero-order valence-corrected chi connectivity index (χ0v) is 9.32. The number of carbonyl (C=O) groups is 2. The van der Waals surface area contributed by atoms with E-state index < -0.39 is 5.97 Å². The van der Waals surface area contributed by atoms with E-state index in [1.807, 2.05) is 6.92 Å². The van der Waals surface area contributed by atoms with Crippen LogP contribution in [0, 0.1) is 11.8 Å². The van der Waals surface area contributed by atoms with Crippen molar-refractivity contribution in [1.29, 1.82) is 0 Å². The molecule has 0 heterocycles. The van der Waals surface area contributed by atoms with Gasteiger partial charge in [0.2, 0.25) is 5.91 Å². The Morgan fingerprint density at radius 3 is 2.47 bits per heavy atom. The van der Waals surface area contributed by atoms with Crippen molar-refractivity contribution in [3.63, 3.8) is 0 Å². The summed E-state index contributed by atoms with van der Waals surface area (Å²) in [5.74, 6) is -1.05. The smallest absolute Gasteiger partial charge is 0.303 e. The Kier molecular flexibility index (Phi) is 6.70. The molecule has 4 N–H and O–H groups in total. The first-order valence-electron chi connectivity index (χ1n) is 5.17. The summed E-state index contributed by atoms with van der Waals surface area (Å²) in [6, 6.07) is 0. The van der Waals surface area contributed by atoms with E-state index in [4.69, 9.17) is 10.8 Å². The van der Waals surface area contributed by atoms with Crippen LogP contribution < -0.4 is 11.1 Å². The molecule has 0 radical (unpaired) electrons. The molecule has 88 valence electrons. The first kappa shape index (κ1) is 13.9. The molecular weight excluding hydrogens is 196 g/mol. The van der Waals surface area contributed by atoms with Crippen LogP contribution in [0.4, 0.5) is 0 Å². The second-order valence-corrected chi connectivity index (χ2v) is 3.93. The van der Waals surface area contributed by atoms with Crippen LogP contribution in [0.5, 0.6) is 0 Å². The molecule has 1 amide bonds. The molecule has 0 aliphatic rings. The number of rotatable bonds is 7. The predicted octanol–water partition coefficient (Wildman–Crippen LogP) is 0.198. The Morgan fingerprint density at radius 2 is 2.00 bits per heavy atom. The third kappa shape index (κ3) is 6.90. The molecule has 0 saturated heterocycles. The van der Waals surface area contributed by atoms with E-state index in [1.54, 1.807) is 6.92 Å². The van der Waals surface area contributed by atoms with Gasteiger partial charge in [0.1, 0.15) is 0 Å². The molecule has 2 atom stereocenters. The van der Waals surface area contributed by atoms with E-state index in [0.29, 0.717) is 19.5 Å². The van der Waals surface area contributed by atoms with Gasteiger partial charge in [0.15, 0.2) is 0 Å². The highest BCUT2D eigenvalue weighted by Gasteiger charge is 2.13. The highest BCUT2D eigenvalue weighted by molar-refractivity contribution is 5.78. The highest BCUT2D eigenvalue weighted by atomic mass is 16.4. The summed E-state index contributed by atoms with van der Waals surface area (Å²) in [5, 5.41) is 11.2. The predicted molar refractivity (Wildman–Crippen MR) is 57.3 cm³/mol. The van der Waals surface area contributed by atoms with Crippen molar-refractivity contribution in [3.05, 3.63) is 0 Å². The van der Waals surface area contributed by atoms with Crippen molar-refractivity contribution >= 4 is 11.9 Å². The van der Waals surface area contributed by atoms with Crippen LogP contribution in [0.15, 0.2) is 0 Å². The van der Waals surface area contributed by atoms with Gasteiger partial charge in [-0.2, -0.15) is 0 Å². The first-order chi connectivity index (χ1) is 6.97. The van der Waals surface area contributed by atoms with Crippen LogP contribution >= 0.6 is 0 Å². The third-order valence-electron chi connectivity index (χ3n) is 2.20. The van der Waals surface area contributed by atoms with Gasteiger partial charge in [0.25, 0.3) is 0 Å². The van der Waals surface area contributed by atoms with E-state index >= 15 is 0 Å². The van der Waals surface area contributed by atoms with Gasteiger partial charge in [0.05, 0.1) is 0 Å². The second kappa shape index (κ2) is 7.23. The first-order valence-corrected chi connectivity index (χ1v) is 5.17. The molecule has 0 aromatic rings. The van der Waals surface area contributed by atoms with Gasteiger partial charge >= 0.3 is 5.97 Å². The van der Waals surface area contributed by atoms with Crippen molar-refractivity contribution in [1.82, 2.24) is 5.32 Å². The summed E-state index contributed by atoms with van der Waals surface area (Å²) in [5.41, 5.74) is 5.33. The third-order valence-corrected chi connectivity index (χ3v) is 2.20. The van der Waals surface area contributed by atoms with Crippen LogP contribution in [0.25, 0.3) is 0 Å². The molecule has 15 heavy (non-hydrogen) atoms. The van der Waals surface area contributed by atoms with Gasteiger partial charge in [-0.15, -0.1) is 0 Å². The number of nitrogens with one attached hydrogen (secondary N) is 1. The number of nitrogens with two attached hydrogens (primary N) is 1. The van der Waals surface area contributed by atoms with Crippen LogP contribution in [-0.2, 0) is 9.59 Å². The molecule has 0 spiro atoms. The van der Waals surface area contributed by atoms with Gasteiger partial charge in [-0.25, -0.2) is 0 Å². The SMILES string of the molecule is CC(CNC(=O)C(C)CCN)CC(=O)O. The van der Waals surface area contributed by atoms with E-state index in [-0.39, 0.29) is 24.2 Å². The maximum Gasteiger partial charge on any atom is 0.303 e. The fourth-order valence-corrected chi connectivity index (χ4v) is 1.20. The van der Waals surface area contributed by atoms with Gasteiger partial charge in [-0.1, -0.05) is 13.8 Å². The van der Waals surface area contributed by atoms with Crippen LogP contribution in [0.2, 0.25) is 0 Å². The highest BCUT2D eigenvalue weighted by Crippen LogP contribution is 2.02. The largest absolute Gasteiger partial charge is 0.481 e. The summed E-state index contributed by atoms with van der Waals surface area (Å²) in [6.45, 7) is 4.49. The molecule has 5 nitrogen and oxygen atoms in total. The topological polar surface area (TPSA) is 92.4 Å². The van der Waals surface area contributed by atoms with Crippen LogP contribution in [-0.4, -0.2) is 30.1 Å². The van der Waals surface area contributed by atoms with Crippen molar-refractivity contribution in [2.24, 2.45) is 17.6 Å². The number of carboxylic acid groups (broad SMARTS) is 1. The minimum atomic E-state index is -0.841. The zero-order valence-electron chi connectivity index (χ0n) is 9.32. The summed E-state index contributed by atoms with van der Waals surface area (Å²) in [4.78, 5) is 21.8. The number of aliphatic carboxylic acids is 1. The van der Waals surface area contributed by atoms with Crippen LogP contribution in [0.3, 0.4) is 0 Å². The monoisotopic (exact) mass is 216 g/mol. The summed E-state index contributed by atoms with van der Waals surface area (Å²) >= 11 is 0. The average molecular weight is 216 g/mol. The molecule has 0 aromatic heterocycles.